The van der Waals surface area contributed by atoms with Crippen LogP contribution in [-0.4, -0.2) is 5.78 Å². The van der Waals surface area contributed by atoms with Crippen molar-refractivity contribution in [1.29, 1.82) is 0 Å². The maximum absolute atomic E-state index is 13.4. The largest absolute Gasteiger partial charge is 0.294 e. The highest BCUT2D eigenvalue weighted by Gasteiger charge is 2.16. The molecular weight excluding hydrogens is 260 g/mol. The van der Waals surface area contributed by atoms with Gasteiger partial charge in [0.2, 0.25) is 0 Å². The molecule has 0 bridgehead atoms. The predicted molar refractivity (Wildman–Crippen MR) is 60.8 cm³/mol. The van der Waals surface area contributed by atoms with Gasteiger partial charge in [-0.05, 0) is 29.8 Å². The van der Waals surface area contributed by atoms with Gasteiger partial charge in [0.25, 0.3) is 0 Å². The second kappa shape index (κ2) is 5.22. The molecule has 2 aromatic carbocycles. The lowest BCUT2D eigenvalue weighted by molar-refractivity contribution is 0.0988. The fourth-order valence-corrected chi connectivity index (χ4v) is 1.71. The fourth-order valence-electron chi connectivity index (χ4n) is 1.71. The topological polar surface area (TPSA) is 17.1 Å². The molecule has 0 aromatic heterocycles. The molecule has 1 nitrogen and oxygen atoms in total. The minimum Gasteiger partial charge on any atom is -0.294 e. The molecule has 0 saturated carbocycles. The number of ketones is 1. The van der Waals surface area contributed by atoms with Crippen LogP contribution in [0.15, 0.2) is 36.4 Å². The highest BCUT2D eigenvalue weighted by Crippen LogP contribution is 2.15. The van der Waals surface area contributed by atoms with E-state index in [4.69, 9.17) is 0 Å². The highest BCUT2D eigenvalue weighted by molar-refractivity contribution is 5.97. The quantitative estimate of drug-likeness (QED) is 0.613. The van der Waals surface area contributed by atoms with Gasteiger partial charge in [-0.15, -0.1) is 0 Å². The van der Waals surface area contributed by atoms with Gasteiger partial charge in [0.15, 0.2) is 17.4 Å². The van der Waals surface area contributed by atoms with Gasteiger partial charge in [-0.25, -0.2) is 17.6 Å². The van der Waals surface area contributed by atoms with E-state index >= 15 is 0 Å². The summed E-state index contributed by atoms with van der Waals surface area (Å²) in [6.07, 6.45) is -0.408. The molecule has 0 aliphatic carbocycles. The van der Waals surface area contributed by atoms with Gasteiger partial charge in [0.1, 0.15) is 11.6 Å². The molecule has 0 heterocycles. The molecule has 0 radical (unpaired) electrons. The summed E-state index contributed by atoms with van der Waals surface area (Å²) in [6, 6.07) is 5.80. The van der Waals surface area contributed by atoms with Crippen LogP contribution >= 0.6 is 0 Å². The molecule has 98 valence electrons. The van der Waals surface area contributed by atoms with Crippen LogP contribution in [0.4, 0.5) is 17.6 Å². The summed E-state index contributed by atoms with van der Waals surface area (Å²) in [6.45, 7) is 0. The van der Waals surface area contributed by atoms with Crippen LogP contribution in [0.2, 0.25) is 0 Å². The monoisotopic (exact) mass is 268 g/mol. The van der Waals surface area contributed by atoms with E-state index in [1.54, 1.807) is 0 Å². The fraction of sp³-hybridized carbons (Fsp3) is 0.0714. The summed E-state index contributed by atoms with van der Waals surface area (Å²) in [4.78, 5) is 11.8. The van der Waals surface area contributed by atoms with E-state index in [0.717, 1.165) is 24.3 Å². The Morgan fingerprint density at radius 3 is 2.21 bits per heavy atom. The number of carbonyl (C=O) groups is 1. The summed E-state index contributed by atoms with van der Waals surface area (Å²) in [5, 5.41) is 0. The lowest BCUT2D eigenvalue weighted by atomic mass is 10.0. The first-order valence-corrected chi connectivity index (χ1v) is 5.39. The molecule has 0 unspecified atom stereocenters. The van der Waals surface area contributed by atoms with Crippen LogP contribution in [0.1, 0.15) is 15.9 Å². The van der Waals surface area contributed by atoms with Crippen LogP contribution in [0.25, 0.3) is 0 Å². The minimum atomic E-state index is -1.26. The molecule has 0 aliphatic rings. The van der Waals surface area contributed by atoms with Crippen LogP contribution in [0.5, 0.6) is 0 Å². The van der Waals surface area contributed by atoms with Crippen molar-refractivity contribution in [3.8, 4) is 0 Å². The molecule has 2 aromatic rings. The molecule has 0 aliphatic heterocycles. The number of hydrogen-bond donors (Lipinski definition) is 0. The molecule has 0 N–H and O–H groups in total. The van der Waals surface area contributed by atoms with Crippen molar-refractivity contribution in [2.75, 3.05) is 0 Å². The Labute approximate surface area is 106 Å². The normalized spacial score (nSPS) is 10.5. The van der Waals surface area contributed by atoms with E-state index in [1.165, 1.54) is 6.07 Å². The van der Waals surface area contributed by atoms with E-state index < -0.39 is 41.0 Å². The van der Waals surface area contributed by atoms with Crippen molar-refractivity contribution in [2.24, 2.45) is 0 Å². The molecule has 0 fully saturated rings. The van der Waals surface area contributed by atoms with Crippen molar-refractivity contribution < 1.29 is 22.4 Å². The number of Topliss-reactive ketones (excluding diaryl/α,β-unsaturated/α-hetero) is 1. The molecule has 19 heavy (non-hydrogen) atoms. The first-order valence-electron chi connectivity index (χ1n) is 5.39. The van der Waals surface area contributed by atoms with E-state index in [0.29, 0.717) is 6.07 Å². The first kappa shape index (κ1) is 13.3. The zero-order valence-electron chi connectivity index (χ0n) is 9.59. The van der Waals surface area contributed by atoms with Gasteiger partial charge >= 0.3 is 0 Å². The molecule has 0 atom stereocenters. The standard InChI is InChI=1S/C14H8F4O/c15-9-4-8(5-10(16)7-9)6-13(19)11-2-1-3-12(17)14(11)18/h1-5,7H,6H2. The molecule has 2 rings (SSSR count). The zero-order valence-corrected chi connectivity index (χ0v) is 9.59. The van der Waals surface area contributed by atoms with Gasteiger partial charge in [-0.1, -0.05) is 6.07 Å². The van der Waals surface area contributed by atoms with E-state index in [1.807, 2.05) is 0 Å². The SMILES string of the molecule is O=C(Cc1cc(F)cc(F)c1)c1cccc(F)c1F. The van der Waals surface area contributed by atoms with Crippen LogP contribution in [-0.2, 0) is 6.42 Å². The van der Waals surface area contributed by atoms with Crippen LogP contribution in [0.3, 0.4) is 0 Å². The van der Waals surface area contributed by atoms with E-state index in [9.17, 15) is 22.4 Å². The highest BCUT2D eigenvalue weighted by atomic mass is 19.2. The number of rotatable bonds is 3. The molecule has 5 heteroatoms. The second-order valence-electron chi connectivity index (χ2n) is 3.98. The number of carbonyl (C=O) groups excluding carboxylic acids is 1. The van der Waals surface area contributed by atoms with Crippen molar-refractivity contribution in [1.82, 2.24) is 0 Å². The Morgan fingerprint density at radius 1 is 0.947 bits per heavy atom. The Kier molecular flexibility index (Phi) is 3.64. The maximum atomic E-state index is 13.4. The Hall–Kier alpha value is -2.17. The number of benzene rings is 2. The van der Waals surface area contributed by atoms with Crippen LogP contribution in [0, 0.1) is 23.3 Å². The zero-order chi connectivity index (χ0) is 14.0. The smallest absolute Gasteiger partial charge is 0.170 e. The Bertz CT molecular complexity index is 617. The van der Waals surface area contributed by atoms with Gasteiger partial charge in [-0.2, -0.15) is 0 Å². The average Bonchev–Trinajstić information content (AvgIpc) is 2.31. The van der Waals surface area contributed by atoms with E-state index in [2.05, 4.69) is 0 Å². The van der Waals surface area contributed by atoms with E-state index in [-0.39, 0.29) is 5.56 Å². The summed E-state index contributed by atoms with van der Waals surface area (Å²) in [7, 11) is 0. The third-order valence-corrected chi connectivity index (χ3v) is 2.54. The second-order valence-corrected chi connectivity index (χ2v) is 3.98. The molecular formula is C14H8F4O. The molecule has 0 saturated heterocycles. The summed E-state index contributed by atoms with van der Waals surface area (Å²) in [5.74, 6) is -4.81. The molecule has 0 spiro atoms. The van der Waals surface area contributed by atoms with Crippen LogP contribution < -0.4 is 0 Å². The number of halogens is 4. The average molecular weight is 268 g/mol. The Balaban J connectivity index is 2.28. The van der Waals surface area contributed by atoms with Gasteiger partial charge in [-0.3, -0.25) is 4.79 Å². The van der Waals surface area contributed by atoms with Gasteiger partial charge < -0.3 is 0 Å². The van der Waals surface area contributed by atoms with Gasteiger partial charge in [0.05, 0.1) is 5.56 Å². The number of hydrogen-bond acceptors (Lipinski definition) is 1. The molecule has 0 amide bonds. The van der Waals surface area contributed by atoms with Gasteiger partial charge in [0, 0.05) is 12.5 Å². The predicted octanol–water partition coefficient (Wildman–Crippen LogP) is 3.67. The maximum Gasteiger partial charge on any atom is 0.170 e. The third kappa shape index (κ3) is 2.99. The Morgan fingerprint density at radius 2 is 1.58 bits per heavy atom. The minimum absolute atomic E-state index is 0.0613. The lowest BCUT2D eigenvalue weighted by Gasteiger charge is -2.04. The summed E-state index contributed by atoms with van der Waals surface area (Å²) in [5.41, 5.74) is -0.379. The summed E-state index contributed by atoms with van der Waals surface area (Å²) < 4.78 is 52.2. The van der Waals surface area contributed by atoms with Crippen molar-refractivity contribution in [3.63, 3.8) is 0 Å². The van der Waals surface area contributed by atoms with Crippen molar-refractivity contribution in [3.05, 3.63) is 70.8 Å². The lowest BCUT2D eigenvalue weighted by Crippen LogP contribution is -2.08. The van der Waals surface area contributed by atoms with Crippen molar-refractivity contribution >= 4 is 5.78 Å². The third-order valence-electron chi connectivity index (χ3n) is 2.54. The first-order chi connectivity index (χ1) is 8.97. The summed E-state index contributed by atoms with van der Waals surface area (Å²) >= 11 is 0. The van der Waals surface area contributed by atoms with Crippen molar-refractivity contribution in [2.45, 2.75) is 6.42 Å².